The predicted molar refractivity (Wildman–Crippen MR) is 67.0 cm³/mol. The Bertz CT molecular complexity index is 402. The third-order valence-corrected chi connectivity index (χ3v) is 3.01. The molecule has 1 fully saturated rings. The molecule has 1 heterocycles. The van der Waals surface area contributed by atoms with E-state index in [9.17, 15) is 9.18 Å². The summed E-state index contributed by atoms with van der Waals surface area (Å²) in [6, 6.07) is 5.95. The minimum absolute atomic E-state index is 0.00962. The van der Waals surface area contributed by atoms with Crippen molar-refractivity contribution in [2.75, 3.05) is 31.7 Å². The molecule has 2 rings (SSSR count). The van der Waals surface area contributed by atoms with Crippen molar-refractivity contribution in [2.45, 2.75) is 12.5 Å². The summed E-state index contributed by atoms with van der Waals surface area (Å²) in [7, 11) is 1.69. The molecule has 18 heavy (non-hydrogen) atoms. The van der Waals surface area contributed by atoms with Crippen molar-refractivity contribution < 1.29 is 13.9 Å². The summed E-state index contributed by atoms with van der Waals surface area (Å²) in [5.74, 6) is -0.313. The van der Waals surface area contributed by atoms with Crippen molar-refractivity contribution in [1.29, 1.82) is 0 Å². The number of nitrogens with zero attached hydrogens (tertiary/aromatic N) is 1. The van der Waals surface area contributed by atoms with E-state index in [1.165, 1.54) is 17.0 Å². The third-order valence-electron chi connectivity index (χ3n) is 3.01. The molecule has 0 saturated carbocycles. The Labute approximate surface area is 106 Å². The maximum atomic E-state index is 12.8. The van der Waals surface area contributed by atoms with Gasteiger partial charge in [-0.3, -0.25) is 4.79 Å². The fourth-order valence-electron chi connectivity index (χ4n) is 1.91. The van der Waals surface area contributed by atoms with Crippen molar-refractivity contribution in [1.82, 2.24) is 5.32 Å². The van der Waals surface area contributed by atoms with E-state index in [-0.39, 0.29) is 17.8 Å². The van der Waals surface area contributed by atoms with Gasteiger partial charge in [0.05, 0.1) is 13.2 Å². The first kappa shape index (κ1) is 13.0. The number of rotatable bonds is 3. The van der Waals surface area contributed by atoms with Crippen LogP contribution in [0.25, 0.3) is 0 Å². The van der Waals surface area contributed by atoms with Crippen LogP contribution in [0.3, 0.4) is 0 Å². The highest BCUT2D eigenvalue weighted by Gasteiger charge is 2.19. The summed E-state index contributed by atoms with van der Waals surface area (Å²) in [6.45, 7) is 2.03. The first-order chi connectivity index (χ1) is 8.66. The number of nitrogens with one attached hydrogen (secondary N) is 1. The largest absolute Gasteiger partial charge is 0.378 e. The van der Waals surface area contributed by atoms with Crippen LogP contribution in [0.4, 0.5) is 10.1 Å². The Morgan fingerprint density at radius 2 is 2.22 bits per heavy atom. The molecule has 0 radical (unpaired) electrons. The molecule has 1 saturated heterocycles. The zero-order valence-electron chi connectivity index (χ0n) is 10.4. The zero-order chi connectivity index (χ0) is 13.0. The van der Waals surface area contributed by atoms with Crippen molar-refractivity contribution >= 4 is 11.6 Å². The Balaban J connectivity index is 1.93. The first-order valence-corrected chi connectivity index (χ1v) is 6.00. The van der Waals surface area contributed by atoms with E-state index in [4.69, 9.17) is 4.74 Å². The number of amides is 1. The van der Waals surface area contributed by atoms with E-state index in [0.29, 0.717) is 25.3 Å². The van der Waals surface area contributed by atoms with E-state index in [1.807, 2.05) is 0 Å². The lowest BCUT2D eigenvalue weighted by Gasteiger charge is -2.25. The number of carbonyl (C=O) groups is 1. The summed E-state index contributed by atoms with van der Waals surface area (Å²) in [6.07, 6.45) is 0.383. The fraction of sp³-hybridized carbons (Fsp3) is 0.462. The lowest BCUT2D eigenvalue weighted by atomic mass is 10.1. The van der Waals surface area contributed by atoms with Gasteiger partial charge in [0.15, 0.2) is 0 Å². The molecule has 4 nitrogen and oxygen atoms in total. The average Bonchev–Trinajstić information content (AvgIpc) is 2.40. The van der Waals surface area contributed by atoms with Crippen LogP contribution in [0.15, 0.2) is 24.3 Å². The van der Waals surface area contributed by atoms with Crippen molar-refractivity contribution in [2.24, 2.45) is 0 Å². The van der Waals surface area contributed by atoms with Crippen molar-refractivity contribution in [3.8, 4) is 0 Å². The van der Waals surface area contributed by atoms with Crippen molar-refractivity contribution in [3.63, 3.8) is 0 Å². The normalized spacial score (nSPS) is 19.6. The molecule has 98 valence electrons. The number of carbonyl (C=O) groups excluding carboxylic acids is 1. The topological polar surface area (TPSA) is 41.6 Å². The summed E-state index contributed by atoms with van der Waals surface area (Å²) < 4.78 is 18.1. The number of morpholine rings is 1. The maximum absolute atomic E-state index is 12.8. The number of hydrogen-bond acceptors (Lipinski definition) is 3. The highest BCUT2D eigenvalue weighted by atomic mass is 19.1. The molecular formula is C13H17FN2O2. The predicted octanol–water partition coefficient (Wildman–Crippen LogP) is 1.17. The second-order valence-electron chi connectivity index (χ2n) is 4.36. The highest BCUT2D eigenvalue weighted by Crippen LogP contribution is 2.14. The van der Waals surface area contributed by atoms with Crippen LogP contribution in [0.2, 0.25) is 0 Å². The molecule has 1 aliphatic heterocycles. The van der Waals surface area contributed by atoms with Crippen LogP contribution in [-0.4, -0.2) is 38.8 Å². The Morgan fingerprint density at radius 1 is 1.50 bits per heavy atom. The molecule has 5 heteroatoms. The van der Waals surface area contributed by atoms with Crippen molar-refractivity contribution in [3.05, 3.63) is 30.1 Å². The summed E-state index contributed by atoms with van der Waals surface area (Å²) in [5, 5.41) is 3.23. The van der Waals surface area contributed by atoms with Gasteiger partial charge in [0.2, 0.25) is 5.91 Å². The number of halogens is 1. The second kappa shape index (κ2) is 5.93. The van der Waals surface area contributed by atoms with Gasteiger partial charge in [-0.1, -0.05) is 0 Å². The SMILES string of the molecule is CN(C(=O)CC1COCCN1)c1ccc(F)cc1. The quantitative estimate of drug-likeness (QED) is 0.878. The molecule has 1 amide bonds. The Kier molecular flexibility index (Phi) is 4.28. The summed E-state index contributed by atoms with van der Waals surface area (Å²) in [5.41, 5.74) is 0.693. The number of benzene rings is 1. The lowest BCUT2D eigenvalue weighted by Crippen LogP contribution is -2.44. The fourth-order valence-corrected chi connectivity index (χ4v) is 1.91. The molecule has 1 aromatic rings. The monoisotopic (exact) mass is 252 g/mol. The second-order valence-corrected chi connectivity index (χ2v) is 4.36. The van der Waals surface area contributed by atoms with Crippen LogP contribution < -0.4 is 10.2 Å². The minimum atomic E-state index is -0.304. The molecular weight excluding hydrogens is 235 g/mol. The average molecular weight is 252 g/mol. The van der Waals surface area contributed by atoms with Gasteiger partial charge in [-0.05, 0) is 24.3 Å². The zero-order valence-corrected chi connectivity index (χ0v) is 10.4. The smallest absolute Gasteiger partial charge is 0.228 e. The van der Waals surface area contributed by atoms with E-state index < -0.39 is 0 Å². The summed E-state index contributed by atoms with van der Waals surface area (Å²) >= 11 is 0. The molecule has 1 atom stereocenters. The van der Waals surface area contributed by atoms with Crippen LogP contribution in [0.1, 0.15) is 6.42 Å². The van der Waals surface area contributed by atoms with E-state index >= 15 is 0 Å². The number of anilines is 1. The molecule has 0 spiro atoms. The van der Waals surface area contributed by atoms with Gasteiger partial charge in [-0.15, -0.1) is 0 Å². The van der Waals surface area contributed by atoms with Gasteiger partial charge >= 0.3 is 0 Å². The Morgan fingerprint density at radius 3 is 2.83 bits per heavy atom. The number of ether oxygens (including phenoxy) is 1. The van der Waals surface area contributed by atoms with Crippen LogP contribution in [0.5, 0.6) is 0 Å². The number of hydrogen-bond donors (Lipinski definition) is 1. The molecule has 1 aliphatic rings. The molecule has 0 aliphatic carbocycles. The highest BCUT2D eigenvalue weighted by molar-refractivity contribution is 5.93. The first-order valence-electron chi connectivity index (χ1n) is 6.00. The van der Waals surface area contributed by atoms with E-state index in [0.717, 1.165) is 6.54 Å². The molecule has 1 aromatic carbocycles. The van der Waals surface area contributed by atoms with E-state index in [2.05, 4.69) is 5.32 Å². The van der Waals surface area contributed by atoms with Gasteiger partial charge < -0.3 is 15.0 Å². The van der Waals surface area contributed by atoms with Gasteiger partial charge in [-0.25, -0.2) is 4.39 Å². The van der Waals surface area contributed by atoms with Crippen LogP contribution >= 0.6 is 0 Å². The summed E-state index contributed by atoms with van der Waals surface area (Å²) in [4.78, 5) is 13.6. The van der Waals surface area contributed by atoms with Gasteiger partial charge in [-0.2, -0.15) is 0 Å². The van der Waals surface area contributed by atoms with Gasteiger partial charge in [0.1, 0.15) is 5.82 Å². The third kappa shape index (κ3) is 3.27. The molecule has 0 aromatic heterocycles. The minimum Gasteiger partial charge on any atom is -0.378 e. The van der Waals surface area contributed by atoms with E-state index in [1.54, 1.807) is 19.2 Å². The lowest BCUT2D eigenvalue weighted by molar-refractivity contribution is -0.119. The van der Waals surface area contributed by atoms with Crippen LogP contribution in [0, 0.1) is 5.82 Å². The van der Waals surface area contributed by atoms with Crippen LogP contribution in [-0.2, 0) is 9.53 Å². The molecule has 0 bridgehead atoms. The Hall–Kier alpha value is -1.46. The molecule has 1 N–H and O–H groups in total. The van der Waals surface area contributed by atoms with Gasteiger partial charge in [0.25, 0.3) is 0 Å². The molecule has 1 unspecified atom stereocenters. The van der Waals surface area contributed by atoms with Gasteiger partial charge in [0, 0.05) is 31.7 Å². The standard InChI is InChI=1S/C13H17FN2O2/c1-16(12-4-2-10(14)3-5-12)13(17)8-11-9-18-7-6-15-11/h2-5,11,15H,6-9H2,1H3. The maximum Gasteiger partial charge on any atom is 0.228 e.